The summed E-state index contributed by atoms with van der Waals surface area (Å²) in [5, 5.41) is 0.693. The van der Waals surface area contributed by atoms with Crippen molar-refractivity contribution < 1.29 is 12.6 Å². The molecule has 1 aromatic heterocycles. The molecule has 126 valence electrons. The Bertz CT molecular complexity index is 685. The fraction of sp³-hybridized carbons (Fsp3) is 0.438. The van der Waals surface area contributed by atoms with Crippen molar-refractivity contribution in [3.05, 3.63) is 53.6 Å². The van der Waals surface area contributed by atoms with Crippen LogP contribution in [-0.4, -0.2) is 30.3 Å². The van der Waals surface area contributed by atoms with E-state index in [0.717, 1.165) is 31.2 Å². The molecule has 0 amide bonds. The summed E-state index contributed by atoms with van der Waals surface area (Å²) in [6, 6.07) is 7.57. The number of aromatic nitrogens is 2. The topological polar surface area (TPSA) is 61.2 Å². The van der Waals surface area contributed by atoms with Gasteiger partial charge in [0.15, 0.2) is 0 Å². The van der Waals surface area contributed by atoms with Gasteiger partial charge in [-0.05, 0) is 43.4 Å². The van der Waals surface area contributed by atoms with Crippen LogP contribution in [0.3, 0.4) is 0 Å². The summed E-state index contributed by atoms with van der Waals surface area (Å²) in [4.78, 5) is 3.99. The number of imidazole rings is 1. The molecule has 0 saturated heterocycles. The second-order valence-electron chi connectivity index (χ2n) is 5.53. The molecular formula is C16H21ClN2O3S. The van der Waals surface area contributed by atoms with Crippen LogP contribution in [-0.2, 0) is 27.3 Å². The molecule has 23 heavy (non-hydrogen) atoms. The van der Waals surface area contributed by atoms with Crippen LogP contribution in [0.4, 0.5) is 0 Å². The molecular weight excluding hydrogens is 336 g/mol. The van der Waals surface area contributed by atoms with Crippen molar-refractivity contribution in [2.45, 2.75) is 38.3 Å². The van der Waals surface area contributed by atoms with Gasteiger partial charge in [-0.3, -0.25) is 4.18 Å². The molecule has 0 saturated carbocycles. The van der Waals surface area contributed by atoms with E-state index >= 15 is 0 Å². The van der Waals surface area contributed by atoms with Gasteiger partial charge in [0.2, 0.25) is 0 Å². The van der Waals surface area contributed by atoms with E-state index in [0.29, 0.717) is 17.9 Å². The minimum absolute atomic E-state index is 0.316. The summed E-state index contributed by atoms with van der Waals surface area (Å²) in [5.41, 5.74) is 1.12. The zero-order valence-electron chi connectivity index (χ0n) is 13.1. The largest absolute Gasteiger partial charge is 0.337 e. The molecule has 1 unspecified atom stereocenters. The quantitative estimate of drug-likeness (QED) is 0.647. The average molecular weight is 357 g/mol. The lowest BCUT2D eigenvalue weighted by Gasteiger charge is -2.16. The first-order valence-corrected chi connectivity index (χ1v) is 9.70. The third-order valence-electron chi connectivity index (χ3n) is 3.48. The van der Waals surface area contributed by atoms with E-state index in [4.69, 9.17) is 15.8 Å². The van der Waals surface area contributed by atoms with Gasteiger partial charge in [0.05, 0.1) is 18.7 Å². The van der Waals surface area contributed by atoms with Crippen LogP contribution in [0.2, 0.25) is 5.02 Å². The Morgan fingerprint density at radius 1 is 1.26 bits per heavy atom. The Kier molecular flexibility index (Phi) is 6.62. The van der Waals surface area contributed by atoms with Crippen LogP contribution in [0.15, 0.2) is 43.0 Å². The summed E-state index contributed by atoms with van der Waals surface area (Å²) in [7, 11) is -3.46. The average Bonchev–Trinajstić information content (AvgIpc) is 2.98. The van der Waals surface area contributed by atoms with Crippen molar-refractivity contribution >= 4 is 21.7 Å². The lowest BCUT2D eigenvalue weighted by molar-refractivity contribution is 0.185. The second kappa shape index (κ2) is 8.47. The maximum absolute atomic E-state index is 11.4. The highest BCUT2D eigenvalue weighted by atomic mass is 35.5. The van der Waals surface area contributed by atoms with Gasteiger partial charge >= 0.3 is 0 Å². The predicted octanol–water partition coefficient (Wildman–Crippen LogP) is 3.29. The van der Waals surface area contributed by atoms with Gasteiger partial charge in [-0.25, -0.2) is 4.98 Å². The molecule has 0 radical (unpaired) electrons. The number of benzene rings is 1. The first-order valence-electron chi connectivity index (χ1n) is 7.51. The SMILES string of the molecule is CS(=O)(=O)OC(CCCn1ccnc1)CCc1ccc(Cl)cc1. The van der Waals surface area contributed by atoms with Crippen molar-refractivity contribution in [3.63, 3.8) is 0 Å². The van der Waals surface area contributed by atoms with E-state index in [1.807, 2.05) is 35.0 Å². The maximum Gasteiger partial charge on any atom is 0.264 e. The number of rotatable bonds is 9. The fourth-order valence-electron chi connectivity index (χ4n) is 2.39. The Labute approximate surface area is 142 Å². The van der Waals surface area contributed by atoms with Crippen molar-refractivity contribution in [1.82, 2.24) is 9.55 Å². The van der Waals surface area contributed by atoms with Crippen LogP contribution >= 0.6 is 11.6 Å². The normalized spacial score (nSPS) is 13.1. The number of halogens is 1. The molecule has 0 spiro atoms. The molecule has 1 heterocycles. The molecule has 7 heteroatoms. The number of hydrogen-bond donors (Lipinski definition) is 0. The minimum Gasteiger partial charge on any atom is -0.337 e. The van der Waals surface area contributed by atoms with Crippen molar-refractivity contribution in [2.24, 2.45) is 0 Å². The van der Waals surface area contributed by atoms with Gasteiger partial charge in [0.25, 0.3) is 10.1 Å². The Balaban J connectivity index is 1.86. The Morgan fingerprint density at radius 2 is 2.00 bits per heavy atom. The molecule has 0 N–H and O–H groups in total. The standard InChI is InChI=1S/C16H21ClN2O3S/c1-23(20,21)22-16(3-2-11-19-12-10-18-13-19)9-6-14-4-7-15(17)8-5-14/h4-5,7-8,10,12-13,16H,2-3,6,9,11H2,1H3. The van der Waals surface area contributed by atoms with Gasteiger partial charge in [0.1, 0.15) is 0 Å². The number of hydrogen-bond acceptors (Lipinski definition) is 4. The summed E-state index contributed by atoms with van der Waals surface area (Å²) >= 11 is 5.87. The highest BCUT2D eigenvalue weighted by molar-refractivity contribution is 7.86. The monoisotopic (exact) mass is 356 g/mol. The summed E-state index contributed by atoms with van der Waals surface area (Å²) in [6.07, 6.45) is 9.06. The zero-order valence-corrected chi connectivity index (χ0v) is 14.6. The lowest BCUT2D eigenvalue weighted by Crippen LogP contribution is -2.19. The Hall–Kier alpha value is -1.37. The first-order chi connectivity index (χ1) is 10.9. The zero-order chi connectivity index (χ0) is 16.7. The molecule has 1 atom stereocenters. The van der Waals surface area contributed by atoms with E-state index in [2.05, 4.69) is 4.98 Å². The third-order valence-corrected chi connectivity index (χ3v) is 4.35. The van der Waals surface area contributed by atoms with Crippen LogP contribution in [0.1, 0.15) is 24.8 Å². The van der Waals surface area contributed by atoms with Gasteiger partial charge < -0.3 is 4.57 Å². The van der Waals surface area contributed by atoms with Crippen LogP contribution in [0.25, 0.3) is 0 Å². The molecule has 5 nitrogen and oxygen atoms in total. The van der Waals surface area contributed by atoms with E-state index in [1.54, 1.807) is 12.5 Å². The summed E-state index contributed by atoms with van der Waals surface area (Å²) < 4.78 is 30.1. The molecule has 0 fully saturated rings. The van der Waals surface area contributed by atoms with Crippen LogP contribution < -0.4 is 0 Å². The van der Waals surface area contributed by atoms with Crippen LogP contribution in [0.5, 0.6) is 0 Å². The van der Waals surface area contributed by atoms with Gasteiger partial charge in [0, 0.05) is 24.0 Å². The molecule has 0 aliphatic heterocycles. The van der Waals surface area contributed by atoms with Gasteiger partial charge in [-0.2, -0.15) is 8.42 Å². The third kappa shape index (κ3) is 7.16. The molecule has 0 aliphatic rings. The van der Waals surface area contributed by atoms with E-state index in [9.17, 15) is 8.42 Å². The van der Waals surface area contributed by atoms with Gasteiger partial charge in [-0.1, -0.05) is 23.7 Å². The maximum atomic E-state index is 11.4. The molecule has 0 bridgehead atoms. The lowest BCUT2D eigenvalue weighted by atomic mass is 10.0. The smallest absolute Gasteiger partial charge is 0.264 e. The van der Waals surface area contributed by atoms with Crippen LogP contribution in [0, 0.1) is 0 Å². The highest BCUT2D eigenvalue weighted by Gasteiger charge is 2.15. The highest BCUT2D eigenvalue weighted by Crippen LogP contribution is 2.16. The summed E-state index contributed by atoms with van der Waals surface area (Å²) in [6.45, 7) is 0.796. The number of aryl methyl sites for hydroxylation is 2. The molecule has 0 aliphatic carbocycles. The van der Waals surface area contributed by atoms with Gasteiger partial charge in [-0.15, -0.1) is 0 Å². The second-order valence-corrected chi connectivity index (χ2v) is 7.57. The van der Waals surface area contributed by atoms with Crippen molar-refractivity contribution in [3.8, 4) is 0 Å². The Morgan fingerprint density at radius 3 is 2.61 bits per heavy atom. The first kappa shape index (κ1) is 18.0. The fourth-order valence-corrected chi connectivity index (χ4v) is 3.20. The molecule has 2 aromatic rings. The van der Waals surface area contributed by atoms with Crippen molar-refractivity contribution in [1.29, 1.82) is 0 Å². The van der Waals surface area contributed by atoms with E-state index in [1.165, 1.54) is 0 Å². The number of nitrogens with zero attached hydrogens (tertiary/aromatic N) is 2. The molecule has 1 aromatic carbocycles. The molecule has 2 rings (SSSR count). The predicted molar refractivity (Wildman–Crippen MR) is 91.0 cm³/mol. The summed E-state index contributed by atoms with van der Waals surface area (Å²) in [5.74, 6) is 0. The van der Waals surface area contributed by atoms with E-state index < -0.39 is 10.1 Å². The van der Waals surface area contributed by atoms with E-state index in [-0.39, 0.29) is 6.10 Å². The minimum atomic E-state index is -3.46. The van der Waals surface area contributed by atoms with Crippen molar-refractivity contribution in [2.75, 3.05) is 6.26 Å².